The van der Waals surface area contributed by atoms with Crippen molar-refractivity contribution in [1.82, 2.24) is 10.3 Å². The van der Waals surface area contributed by atoms with Crippen LogP contribution in [0.15, 0.2) is 53.1 Å². The van der Waals surface area contributed by atoms with E-state index in [-0.39, 0.29) is 23.2 Å². The summed E-state index contributed by atoms with van der Waals surface area (Å²) in [6.07, 6.45) is -3.36. The maximum Gasteiger partial charge on any atom is 0.573 e. The molecule has 4 aromatic rings. The first-order valence-electron chi connectivity index (χ1n) is 9.77. The number of pyridine rings is 1. The molecule has 0 aliphatic rings. The van der Waals surface area contributed by atoms with Crippen molar-refractivity contribution in [2.75, 3.05) is 0 Å². The molecular formula is C23H19F3N2O4. The van der Waals surface area contributed by atoms with Crippen LogP contribution in [0, 0.1) is 6.92 Å². The van der Waals surface area contributed by atoms with Gasteiger partial charge in [-0.25, -0.2) is 0 Å². The molecule has 0 spiro atoms. The molecule has 166 valence electrons. The Morgan fingerprint density at radius 3 is 2.50 bits per heavy atom. The minimum Gasteiger partial charge on any atom is -0.460 e. The molecule has 32 heavy (non-hydrogen) atoms. The summed E-state index contributed by atoms with van der Waals surface area (Å²) in [5.74, 6) is 0.734. The summed E-state index contributed by atoms with van der Waals surface area (Å²) >= 11 is 0. The third-order valence-electron chi connectivity index (χ3n) is 4.62. The number of hydrogen-bond acceptors (Lipinski definition) is 5. The molecule has 0 aliphatic heterocycles. The Kier molecular flexibility index (Phi) is 5.41. The van der Waals surface area contributed by atoms with Gasteiger partial charge in [0.2, 0.25) is 0 Å². The van der Waals surface area contributed by atoms with Gasteiger partial charge in [-0.05, 0) is 51.1 Å². The highest BCUT2D eigenvalue weighted by Crippen LogP contribution is 2.35. The van der Waals surface area contributed by atoms with Crippen LogP contribution in [0.3, 0.4) is 0 Å². The lowest BCUT2D eigenvalue weighted by Crippen LogP contribution is -2.30. The molecule has 1 N–H and O–H groups in total. The van der Waals surface area contributed by atoms with Gasteiger partial charge in [0.05, 0.1) is 11.1 Å². The van der Waals surface area contributed by atoms with E-state index in [1.807, 2.05) is 13.8 Å². The molecule has 0 bridgehead atoms. The number of furan rings is 1. The van der Waals surface area contributed by atoms with Crippen LogP contribution < -0.4 is 14.8 Å². The van der Waals surface area contributed by atoms with Crippen molar-refractivity contribution >= 4 is 27.8 Å². The molecule has 0 aliphatic carbocycles. The maximum atomic E-state index is 12.5. The topological polar surface area (TPSA) is 73.6 Å². The molecule has 2 aromatic carbocycles. The molecule has 0 fully saturated rings. The Morgan fingerprint density at radius 1 is 1.06 bits per heavy atom. The second-order valence-corrected chi connectivity index (χ2v) is 7.46. The zero-order valence-electron chi connectivity index (χ0n) is 17.4. The molecule has 1 amide bonds. The smallest absolute Gasteiger partial charge is 0.460 e. The number of aromatic nitrogens is 1. The van der Waals surface area contributed by atoms with Crippen molar-refractivity contribution in [3.8, 4) is 17.2 Å². The van der Waals surface area contributed by atoms with Gasteiger partial charge < -0.3 is 19.2 Å². The second-order valence-electron chi connectivity index (χ2n) is 7.46. The Labute approximate surface area is 180 Å². The quantitative estimate of drug-likeness (QED) is 0.402. The fourth-order valence-corrected chi connectivity index (χ4v) is 3.39. The Morgan fingerprint density at radius 2 is 1.78 bits per heavy atom. The van der Waals surface area contributed by atoms with E-state index in [1.54, 1.807) is 31.2 Å². The number of carbonyl (C=O) groups excluding carboxylic acids is 1. The van der Waals surface area contributed by atoms with Crippen molar-refractivity contribution in [3.05, 3.63) is 60.0 Å². The number of hydrogen-bond donors (Lipinski definition) is 1. The van der Waals surface area contributed by atoms with Crippen molar-refractivity contribution < 1.29 is 31.9 Å². The van der Waals surface area contributed by atoms with Crippen LogP contribution in [0.25, 0.3) is 21.9 Å². The van der Waals surface area contributed by atoms with Gasteiger partial charge in [-0.2, -0.15) is 0 Å². The lowest BCUT2D eigenvalue weighted by atomic mass is 10.1. The van der Waals surface area contributed by atoms with Crippen LogP contribution >= 0.6 is 0 Å². The largest absolute Gasteiger partial charge is 0.573 e. The maximum absolute atomic E-state index is 12.5. The van der Waals surface area contributed by atoms with E-state index in [0.29, 0.717) is 39.2 Å². The van der Waals surface area contributed by atoms with Crippen molar-refractivity contribution in [2.45, 2.75) is 33.2 Å². The first-order valence-corrected chi connectivity index (χ1v) is 9.77. The predicted molar refractivity (Wildman–Crippen MR) is 112 cm³/mol. The van der Waals surface area contributed by atoms with E-state index in [2.05, 4.69) is 15.0 Å². The number of halogens is 3. The average Bonchev–Trinajstić information content (AvgIpc) is 3.01. The molecule has 9 heteroatoms. The number of benzene rings is 2. The van der Waals surface area contributed by atoms with Crippen LogP contribution in [-0.4, -0.2) is 23.3 Å². The Bertz CT molecular complexity index is 1310. The summed E-state index contributed by atoms with van der Waals surface area (Å²) in [5.41, 5.74) is 1.23. The summed E-state index contributed by atoms with van der Waals surface area (Å²) in [4.78, 5) is 16.6. The first-order chi connectivity index (χ1) is 15.1. The van der Waals surface area contributed by atoms with Gasteiger partial charge in [0.25, 0.3) is 5.91 Å². The van der Waals surface area contributed by atoms with Gasteiger partial charge in [0.1, 0.15) is 28.6 Å². The van der Waals surface area contributed by atoms with E-state index in [1.165, 1.54) is 24.4 Å². The second kappa shape index (κ2) is 8.07. The summed E-state index contributed by atoms with van der Waals surface area (Å²) in [6, 6.07) is 10.5. The van der Waals surface area contributed by atoms with Crippen molar-refractivity contribution in [1.29, 1.82) is 0 Å². The van der Waals surface area contributed by atoms with Crippen LogP contribution in [-0.2, 0) is 0 Å². The van der Waals surface area contributed by atoms with Crippen molar-refractivity contribution in [2.24, 2.45) is 0 Å². The lowest BCUT2D eigenvalue weighted by molar-refractivity contribution is -0.274. The minimum atomic E-state index is -4.79. The number of carbonyl (C=O) groups is 1. The third-order valence-corrected chi connectivity index (χ3v) is 4.62. The monoisotopic (exact) mass is 444 g/mol. The van der Waals surface area contributed by atoms with Gasteiger partial charge in [-0.1, -0.05) is 0 Å². The highest BCUT2D eigenvalue weighted by atomic mass is 19.4. The molecule has 0 saturated carbocycles. The van der Waals surface area contributed by atoms with Crippen LogP contribution in [0.5, 0.6) is 17.2 Å². The van der Waals surface area contributed by atoms with E-state index in [4.69, 9.17) is 9.15 Å². The normalized spacial score (nSPS) is 11.8. The molecule has 0 unspecified atom stereocenters. The standard InChI is InChI=1S/C23H19F3N2O4/c1-12(2)28-22(29)21-13(3)30-20-11-14(4-7-17(20)21)31-19-8-9-27-18-10-15(5-6-16(18)19)32-23(24,25)26/h4-12H,1-3H3,(H,28,29). The zero-order chi connectivity index (χ0) is 23.0. The number of ether oxygens (including phenoxy) is 2. The number of amides is 1. The average molecular weight is 444 g/mol. The highest BCUT2D eigenvalue weighted by Gasteiger charge is 2.31. The molecule has 0 radical (unpaired) electrons. The van der Waals surface area contributed by atoms with Gasteiger partial charge in [0, 0.05) is 35.1 Å². The number of aryl methyl sites for hydroxylation is 1. The number of fused-ring (bicyclic) bond motifs is 2. The Balaban J connectivity index is 1.65. The SMILES string of the molecule is Cc1oc2cc(Oc3ccnc4cc(OC(F)(F)F)ccc34)ccc2c1C(=O)NC(C)C. The van der Waals surface area contributed by atoms with Crippen LogP contribution in [0.4, 0.5) is 13.2 Å². The minimum absolute atomic E-state index is 0.0172. The number of alkyl halides is 3. The fraction of sp³-hybridized carbons (Fsp3) is 0.217. The summed E-state index contributed by atoms with van der Waals surface area (Å²) in [5, 5.41) is 4.02. The van der Waals surface area contributed by atoms with E-state index < -0.39 is 6.36 Å². The van der Waals surface area contributed by atoms with Gasteiger partial charge in [-0.15, -0.1) is 13.2 Å². The number of rotatable bonds is 5. The number of nitrogens with one attached hydrogen (secondary N) is 1. The first kappa shape index (κ1) is 21.5. The molecule has 4 rings (SSSR count). The van der Waals surface area contributed by atoms with Gasteiger partial charge >= 0.3 is 6.36 Å². The zero-order valence-corrected chi connectivity index (χ0v) is 17.4. The summed E-state index contributed by atoms with van der Waals surface area (Å²) < 4.78 is 53.1. The molecule has 6 nitrogen and oxygen atoms in total. The van der Waals surface area contributed by atoms with Gasteiger partial charge in [0.15, 0.2) is 0 Å². The van der Waals surface area contributed by atoms with E-state index in [0.717, 1.165) is 0 Å². The molecular weight excluding hydrogens is 425 g/mol. The highest BCUT2D eigenvalue weighted by molar-refractivity contribution is 6.07. The van der Waals surface area contributed by atoms with Crippen LogP contribution in [0.1, 0.15) is 30.0 Å². The summed E-state index contributed by atoms with van der Waals surface area (Å²) in [7, 11) is 0. The van der Waals surface area contributed by atoms with Crippen molar-refractivity contribution in [3.63, 3.8) is 0 Å². The molecule has 2 heterocycles. The summed E-state index contributed by atoms with van der Waals surface area (Å²) in [6.45, 7) is 5.46. The lowest BCUT2D eigenvalue weighted by Gasteiger charge is -2.11. The third kappa shape index (κ3) is 4.46. The number of nitrogens with zero attached hydrogens (tertiary/aromatic N) is 1. The fourth-order valence-electron chi connectivity index (χ4n) is 3.39. The predicted octanol–water partition coefficient (Wildman–Crippen LogP) is 6.12. The molecule has 2 aromatic heterocycles. The molecule has 0 atom stereocenters. The van der Waals surface area contributed by atoms with Crippen LogP contribution in [0.2, 0.25) is 0 Å². The van der Waals surface area contributed by atoms with Gasteiger partial charge in [-0.3, -0.25) is 9.78 Å². The Hall–Kier alpha value is -3.75. The van der Waals surface area contributed by atoms with E-state index >= 15 is 0 Å². The molecule has 0 saturated heterocycles. The van der Waals surface area contributed by atoms with E-state index in [9.17, 15) is 18.0 Å².